The van der Waals surface area contributed by atoms with E-state index in [1.807, 2.05) is 18.2 Å². The van der Waals surface area contributed by atoms with E-state index in [-0.39, 0.29) is 21.6 Å². The lowest BCUT2D eigenvalue weighted by Gasteiger charge is -2.08. The van der Waals surface area contributed by atoms with Crippen molar-refractivity contribution in [3.05, 3.63) is 33.9 Å². The lowest BCUT2D eigenvalue weighted by molar-refractivity contribution is -0.870. The van der Waals surface area contributed by atoms with Crippen LogP contribution in [0.1, 0.15) is 0 Å². The molecule has 17 heavy (non-hydrogen) atoms. The molecule has 4 nitrogen and oxygen atoms in total. The maximum absolute atomic E-state index is 10.7. The quantitative estimate of drug-likeness (QED) is 0.356. The highest BCUT2D eigenvalue weighted by atomic mass is 127. The molecule has 0 saturated carbocycles. The molecule has 1 rings (SSSR count). The van der Waals surface area contributed by atoms with Gasteiger partial charge in [0.15, 0.2) is 10.1 Å². The summed E-state index contributed by atoms with van der Waals surface area (Å²) in [7, 11) is -4.34. The molecule has 0 aliphatic carbocycles. The SMILES string of the molecule is CO[I+]c1ccccc1.O=S(=O)([O-])C(F)(F)F. The third kappa shape index (κ3) is 7.52. The average Bonchev–Trinajstić information content (AvgIpc) is 2.17. The predicted octanol–water partition coefficient (Wildman–Crippen LogP) is -1.44. The minimum absolute atomic E-state index is 0.170. The molecule has 9 heteroatoms. The molecule has 0 spiro atoms. The third-order valence-electron chi connectivity index (χ3n) is 1.18. The van der Waals surface area contributed by atoms with Gasteiger partial charge in [-0.25, -0.2) is 8.42 Å². The van der Waals surface area contributed by atoms with Crippen LogP contribution in [0.2, 0.25) is 0 Å². The van der Waals surface area contributed by atoms with Gasteiger partial charge >= 0.3 is 27.1 Å². The largest absolute Gasteiger partial charge is 0.741 e. The second kappa shape index (κ2) is 7.13. The lowest BCUT2D eigenvalue weighted by atomic mass is 10.4. The highest BCUT2D eigenvalue weighted by molar-refractivity contribution is 7.86. The highest BCUT2D eigenvalue weighted by Crippen LogP contribution is 2.20. The smallest absolute Gasteiger partial charge is 0.521 e. The van der Waals surface area contributed by atoms with Crippen molar-refractivity contribution in [3.63, 3.8) is 0 Å². The molecule has 0 amide bonds. The van der Waals surface area contributed by atoms with Crippen molar-refractivity contribution in [3.8, 4) is 0 Å². The Bertz CT molecular complexity index is 418. The molecular weight excluding hydrogens is 376 g/mol. The zero-order valence-corrected chi connectivity index (χ0v) is 11.4. The topological polar surface area (TPSA) is 66.4 Å². The molecular formula is C8H8F3IO4S. The number of hydrogen-bond acceptors (Lipinski definition) is 4. The van der Waals surface area contributed by atoms with Crippen molar-refractivity contribution in [1.29, 1.82) is 0 Å². The fraction of sp³-hybridized carbons (Fsp3) is 0.250. The normalized spacial score (nSPS) is 11.6. The molecule has 1 aromatic rings. The fourth-order valence-electron chi connectivity index (χ4n) is 0.555. The zero-order valence-electron chi connectivity index (χ0n) is 8.44. The Morgan fingerprint density at radius 3 is 1.94 bits per heavy atom. The van der Waals surface area contributed by atoms with Crippen molar-refractivity contribution >= 4 is 10.1 Å². The molecule has 0 unspecified atom stereocenters. The van der Waals surface area contributed by atoms with Crippen molar-refractivity contribution in [1.82, 2.24) is 0 Å². The molecule has 98 valence electrons. The predicted molar refractivity (Wildman–Crippen MR) is 47.9 cm³/mol. The second-order valence-corrected chi connectivity index (χ2v) is 6.36. The van der Waals surface area contributed by atoms with E-state index in [2.05, 4.69) is 12.1 Å². The summed E-state index contributed by atoms with van der Waals surface area (Å²) >= 11 is -0.170. The molecule has 0 radical (unpaired) electrons. The van der Waals surface area contributed by atoms with Crippen molar-refractivity contribution < 1.29 is 50.8 Å². The molecule has 0 aromatic heterocycles. The minimum atomic E-state index is -6.09. The first-order valence-corrected chi connectivity index (χ1v) is 7.30. The van der Waals surface area contributed by atoms with E-state index < -0.39 is 15.6 Å². The Hall–Kier alpha value is -0.390. The maximum atomic E-state index is 10.7. The van der Waals surface area contributed by atoms with Crippen LogP contribution in [0.4, 0.5) is 13.2 Å². The van der Waals surface area contributed by atoms with E-state index in [0.29, 0.717) is 0 Å². The maximum Gasteiger partial charge on any atom is 0.521 e. The summed E-state index contributed by atoms with van der Waals surface area (Å²) in [5.41, 5.74) is -5.65. The molecule has 1 aromatic carbocycles. The Morgan fingerprint density at radius 1 is 1.24 bits per heavy atom. The minimum Gasteiger partial charge on any atom is -0.741 e. The average molecular weight is 384 g/mol. The summed E-state index contributed by atoms with van der Waals surface area (Å²) in [4.78, 5) is 0. The molecule has 0 fully saturated rings. The molecule has 0 heterocycles. The molecule has 0 N–H and O–H groups in total. The van der Waals surface area contributed by atoms with Crippen LogP contribution < -0.4 is 21.6 Å². The van der Waals surface area contributed by atoms with Gasteiger partial charge in [-0.3, -0.25) is 0 Å². The number of hydrogen-bond donors (Lipinski definition) is 0. The van der Waals surface area contributed by atoms with Gasteiger partial charge in [0.1, 0.15) is 0 Å². The van der Waals surface area contributed by atoms with Gasteiger partial charge in [-0.1, -0.05) is 18.2 Å². The number of halogens is 4. The highest BCUT2D eigenvalue weighted by Gasteiger charge is 2.36. The van der Waals surface area contributed by atoms with Crippen molar-refractivity contribution in [2.75, 3.05) is 7.11 Å². The van der Waals surface area contributed by atoms with Gasteiger partial charge in [0.05, 0.1) is 7.11 Å². The fourth-order valence-corrected chi connectivity index (χ4v) is 1.77. The summed E-state index contributed by atoms with van der Waals surface area (Å²) in [5.74, 6) is 0. The summed E-state index contributed by atoms with van der Waals surface area (Å²) < 4.78 is 65.3. The summed E-state index contributed by atoms with van der Waals surface area (Å²) in [6.45, 7) is 0. The Morgan fingerprint density at radius 2 is 1.65 bits per heavy atom. The molecule has 0 atom stereocenters. The van der Waals surface area contributed by atoms with Crippen LogP contribution in [0.5, 0.6) is 0 Å². The van der Waals surface area contributed by atoms with Crippen molar-refractivity contribution in [2.45, 2.75) is 5.51 Å². The first-order valence-electron chi connectivity index (χ1n) is 3.93. The van der Waals surface area contributed by atoms with Crippen LogP contribution in [0.15, 0.2) is 30.3 Å². The Balaban J connectivity index is 0.000000304. The van der Waals surface area contributed by atoms with Crippen molar-refractivity contribution in [2.24, 2.45) is 0 Å². The van der Waals surface area contributed by atoms with E-state index in [0.717, 1.165) is 0 Å². The molecule has 0 aliphatic heterocycles. The van der Waals surface area contributed by atoms with Crippen LogP contribution in [0.3, 0.4) is 0 Å². The van der Waals surface area contributed by atoms with Crippen LogP contribution in [-0.2, 0) is 13.2 Å². The van der Waals surface area contributed by atoms with E-state index >= 15 is 0 Å². The van der Waals surface area contributed by atoms with E-state index in [1.54, 1.807) is 7.11 Å². The molecule has 0 aliphatic rings. The molecule has 0 saturated heterocycles. The summed E-state index contributed by atoms with van der Waals surface area (Å²) in [5, 5.41) is 0. The van der Waals surface area contributed by atoms with E-state index in [4.69, 9.17) is 16.0 Å². The van der Waals surface area contributed by atoms with Crippen LogP contribution in [-0.4, -0.2) is 25.6 Å². The third-order valence-corrected chi connectivity index (χ3v) is 3.42. The Labute approximate surface area is 107 Å². The van der Waals surface area contributed by atoms with Gasteiger partial charge in [-0.05, 0) is 12.1 Å². The molecule has 0 bridgehead atoms. The number of rotatable bonds is 2. The standard InChI is InChI=1S/C7H8IO.CHF3O3S/c1-9-8-7-5-3-2-4-6-7;2-1(3,4)8(5,6)7/h2-6H,1H3;(H,5,6,7)/q+1;/p-1. The zero-order chi connectivity index (χ0) is 13.5. The lowest BCUT2D eigenvalue weighted by Crippen LogP contribution is -3.61. The van der Waals surface area contributed by atoms with Gasteiger partial charge in [0.2, 0.25) is 3.57 Å². The first kappa shape index (κ1) is 16.6. The number of benzene rings is 1. The Kier molecular flexibility index (Phi) is 6.97. The van der Waals surface area contributed by atoms with Crippen LogP contribution in [0.25, 0.3) is 0 Å². The van der Waals surface area contributed by atoms with Gasteiger partial charge in [-0.2, -0.15) is 13.2 Å². The van der Waals surface area contributed by atoms with Gasteiger partial charge in [0, 0.05) is 0 Å². The van der Waals surface area contributed by atoms with Gasteiger partial charge in [0.25, 0.3) is 0 Å². The summed E-state index contributed by atoms with van der Waals surface area (Å²) in [6.07, 6.45) is 0. The monoisotopic (exact) mass is 384 g/mol. The van der Waals surface area contributed by atoms with Crippen LogP contribution >= 0.6 is 0 Å². The van der Waals surface area contributed by atoms with Gasteiger partial charge < -0.3 is 4.55 Å². The van der Waals surface area contributed by atoms with E-state index in [1.165, 1.54) is 3.57 Å². The summed E-state index contributed by atoms with van der Waals surface area (Å²) in [6, 6.07) is 10.3. The van der Waals surface area contributed by atoms with Crippen LogP contribution in [0, 0.1) is 3.57 Å². The first-order chi connectivity index (χ1) is 7.68. The van der Waals surface area contributed by atoms with Gasteiger partial charge in [-0.15, -0.1) is 3.07 Å². The second-order valence-electron chi connectivity index (χ2n) is 2.43. The number of alkyl halides is 3. The van der Waals surface area contributed by atoms with E-state index in [9.17, 15) is 13.2 Å².